The Bertz CT molecular complexity index is 110. The summed E-state index contributed by atoms with van der Waals surface area (Å²) in [6, 6.07) is 0.690. The van der Waals surface area contributed by atoms with Crippen LogP contribution in [-0.2, 0) is 0 Å². The molecule has 1 nitrogen and oxygen atoms in total. The Morgan fingerprint density at radius 2 is 1.89 bits per heavy atom. The Labute approximate surface area is 58.4 Å². The van der Waals surface area contributed by atoms with Gasteiger partial charge in [0.2, 0.25) is 0 Å². The molecule has 0 saturated carbocycles. The van der Waals surface area contributed by atoms with Gasteiger partial charge in [-0.3, -0.25) is 0 Å². The van der Waals surface area contributed by atoms with E-state index in [4.69, 9.17) is 0 Å². The molecule has 0 fully saturated rings. The summed E-state index contributed by atoms with van der Waals surface area (Å²) in [6.07, 6.45) is 1.22. The van der Waals surface area contributed by atoms with Crippen LogP contribution in [0, 0.1) is 0 Å². The van der Waals surface area contributed by atoms with Gasteiger partial charge in [-0.25, -0.2) is 4.58 Å². The van der Waals surface area contributed by atoms with Gasteiger partial charge in [-0.15, -0.1) is 0 Å². The molecule has 0 bridgehead atoms. The van der Waals surface area contributed by atoms with Gasteiger partial charge < -0.3 is 0 Å². The van der Waals surface area contributed by atoms with Gasteiger partial charge in [-0.2, -0.15) is 0 Å². The molecule has 0 spiro atoms. The molecular formula is C8H18N+. The highest BCUT2D eigenvalue weighted by molar-refractivity contribution is 5.73. The molecular weight excluding hydrogens is 110 g/mol. The fourth-order valence-corrected chi connectivity index (χ4v) is 0.715. The van der Waals surface area contributed by atoms with Crippen LogP contribution in [0.5, 0.6) is 0 Å². The Morgan fingerprint density at radius 3 is 2.00 bits per heavy atom. The number of hydrogen-bond acceptors (Lipinski definition) is 0. The van der Waals surface area contributed by atoms with Crippen LogP contribution in [0.4, 0.5) is 0 Å². The van der Waals surface area contributed by atoms with E-state index in [1.165, 1.54) is 12.1 Å². The van der Waals surface area contributed by atoms with Crippen LogP contribution < -0.4 is 0 Å². The maximum atomic E-state index is 2.31. The van der Waals surface area contributed by atoms with Crippen molar-refractivity contribution in [2.24, 2.45) is 0 Å². The van der Waals surface area contributed by atoms with Gasteiger partial charge in [-0.1, -0.05) is 6.92 Å². The first-order chi connectivity index (χ1) is 4.09. The molecule has 0 rings (SSSR count). The first-order valence-corrected chi connectivity index (χ1v) is 3.62. The van der Waals surface area contributed by atoms with Crippen molar-refractivity contribution in [3.63, 3.8) is 0 Å². The molecule has 1 unspecified atom stereocenters. The van der Waals surface area contributed by atoms with E-state index in [0.29, 0.717) is 6.04 Å². The average Bonchev–Trinajstić information content (AvgIpc) is 1.84. The average molecular weight is 128 g/mol. The van der Waals surface area contributed by atoms with Crippen LogP contribution in [0.15, 0.2) is 0 Å². The lowest BCUT2D eigenvalue weighted by molar-refractivity contribution is -0.535. The molecule has 0 aliphatic heterocycles. The molecule has 54 valence electrons. The molecule has 0 radical (unpaired) electrons. The summed E-state index contributed by atoms with van der Waals surface area (Å²) in [5.74, 6) is 0. The first-order valence-electron chi connectivity index (χ1n) is 3.62. The van der Waals surface area contributed by atoms with Crippen molar-refractivity contribution >= 4 is 5.71 Å². The van der Waals surface area contributed by atoms with E-state index in [9.17, 15) is 0 Å². The van der Waals surface area contributed by atoms with E-state index in [0.717, 1.165) is 0 Å². The third-order valence-electron chi connectivity index (χ3n) is 1.96. The first kappa shape index (κ1) is 8.67. The van der Waals surface area contributed by atoms with Gasteiger partial charge in [-0.05, 0) is 6.92 Å². The highest BCUT2D eigenvalue weighted by atomic mass is 15.0. The molecule has 1 heteroatoms. The summed E-state index contributed by atoms with van der Waals surface area (Å²) in [5, 5.41) is 0. The molecule has 0 N–H and O–H groups in total. The lowest BCUT2D eigenvalue weighted by Gasteiger charge is -2.05. The van der Waals surface area contributed by atoms with E-state index in [-0.39, 0.29) is 0 Å². The van der Waals surface area contributed by atoms with Gasteiger partial charge in [0.1, 0.15) is 18.8 Å². The van der Waals surface area contributed by atoms with Crippen molar-refractivity contribution in [3.8, 4) is 0 Å². The van der Waals surface area contributed by atoms with E-state index in [1.807, 2.05) is 0 Å². The zero-order valence-electron chi connectivity index (χ0n) is 7.23. The Hall–Kier alpha value is -0.330. The van der Waals surface area contributed by atoms with Gasteiger partial charge in [0.25, 0.3) is 0 Å². The van der Waals surface area contributed by atoms with Gasteiger partial charge in [0.15, 0.2) is 0 Å². The third-order valence-corrected chi connectivity index (χ3v) is 1.96. The van der Waals surface area contributed by atoms with Crippen molar-refractivity contribution in [3.05, 3.63) is 0 Å². The monoisotopic (exact) mass is 128 g/mol. The minimum absolute atomic E-state index is 0.690. The normalized spacial score (nSPS) is 13.0. The predicted molar refractivity (Wildman–Crippen MR) is 42.3 cm³/mol. The zero-order valence-corrected chi connectivity index (χ0v) is 7.23. The molecule has 0 aliphatic carbocycles. The van der Waals surface area contributed by atoms with Crippen LogP contribution in [0.25, 0.3) is 0 Å². The van der Waals surface area contributed by atoms with Crippen LogP contribution in [0.2, 0.25) is 0 Å². The van der Waals surface area contributed by atoms with Gasteiger partial charge in [0, 0.05) is 20.3 Å². The topological polar surface area (TPSA) is 3.01 Å². The summed E-state index contributed by atoms with van der Waals surface area (Å²) < 4.78 is 2.31. The number of nitrogens with zero attached hydrogens (tertiary/aromatic N) is 1. The van der Waals surface area contributed by atoms with Crippen LogP contribution in [0.1, 0.15) is 34.1 Å². The lowest BCUT2D eigenvalue weighted by atomic mass is 10.2. The summed E-state index contributed by atoms with van der Waals surface area (Å²) in [6.45, 7) is 8.75. The van der Waals surface area contributed by atoms with Crippen LogP contribution >= 0.6 is 0 Å². The fourth-order valence-electron chi connectivity index (χ4n) is 0.715. The minimum Gasteiger partial charge on any atom is -0.238 e. The highest BCUT2D eigenvalue weighted by Crippen LogP contribution is 1.93. The second-order valence-corrected chi connectivity index (χ2v) is 2.82. The van der Waals surface area contributed by atoms with Crippen molar-refractivity contribution in [2.75, 3.05) is 7.05 Å². The summed E-state index contributed by atoms with van der Waals surface area (Å²) in [5.41, 5.74) is 1.39. The zero-order chi connectivity index (χ0) is 7.44. The SMILES string of the molecule is CCC(C)[N+](C)=C(C)C. The Kier molecular flexibility index (Phi) is 3.52. The summed E-state index contributed by atoms with van der Waals surface area (Å²) in [7, 11) is 2.14. The number of rotatable bonds is 2. The Morgan fingerprint density at radius 1 is 1.44 bits per heavy atom. The van der Waals surface area contributed by atoms with E-state index >= 15 is 0 Å². The van der Waals surface area contributed by atoms with E-state index < -0.39 is 0 Å². The summed E-state index contributed by atoms with van der Waals surface area (Å²) in [4.78, 5) is 0. The van der Waals surface area contributed by atoms with E-state index in [1.54, 1.807) is 0 Å². The second kappa shape index (κ2) is 3.65. The van der Waals surface area contributed by atoms with Crippen molar-refractivity contribution in [1.29, 1.82) is 0 Å². The molecule has 1 atom stereocenters. The van der Waals surface area contributed by atoms with Crippen LogP contribution in [-0.4, -0.2) is 23.4 Å². The molecule has 0 heterocycles. The minimum atomic E-state index is 0.690. The smallest absolute Gasteiger partial charge is 0.149 e. The van der Waals surface area contributed by atoms with E-state index in [2.05, 4.69) is 39.3 Å². The molecule has 0 aromatic heterocycles. The quantitative estimate of drug-likeness (QED) is 0.395. The lowest BCUT2D eigenvalue weighted by Crippen LogP contribution is -2.22. The largest absolute Gasteiger partial charge is 0.238 e. The molecule has 0 amide bonds. The molecule has 0 aromatic carbocycles. The van der Waals surface area contributed by atoms with Gasteiger partial charge in [0.05, 0.1) is 0 Å². The van der Waals surface area contributed by atoms with Gasteiger partial charge >= 0.3 is 0 Å². The number of hydrogen-bond donors (Lipinski definition) is 0. The maximum Gasteiger partial charge on any atom is 0.149 e. The second-order valence-electron chi connectivity index (χ2n) is 2.82. The fraction of sp³-hybridized carbons (Fsp3) is 0.875. The van der Waals surface area contributed by atoms with Crippen molar-refractivity contribution in [1.82, 2.24) is 0 Å². The standard InChI is InChI=1S/C8H18N/c1-6-8(4)9(5)7(2)3/h8H,6H2,1-5H3/q+1. The highest BCUT2D eigenvalue weighted by Gasteiger charge is 2.07. The van der Waals surface area contributed by atoms with Crippen molar-refractivity contribution < 1.29 is 4.58 Å². The third kappa shape index (κ3) is 2.64. The Balaban J connectivity index is 4.02. The van der Waals surface area contributed by atoms with Crippen molar-refractivity contribution in [2.45, 2.75) is 40.2 Å². The molecule has 0 saturated heterocycles. The molecule has 9 heavy (non-hydrogen) atoms. The predicted octanol–water partition coefficient (Wildman–Crippen LogP) is 1.91. The maximum absolute atomic E-state index is 2.31. The molecule has 0 aliphatic rings. The summed E-state index contributed by atoms with van der Waals surface area (Å²) >= 11 is 0. The molecule has 0 aromatic rings. The van der Waals surface area contributed by atoms with Crippen LogP contribution in [0.3, 0.4) is 0 Å².